The molecule has 30 heavy (non-hydrogen) atoms. The minimum absolute atomic E-state index is 0.0934. The van der Waals surface area contributed by atoms with Crippen LogP contribution in [-0.4, -0.2) is 43.0 Å². The van der Waals surface area contributed by atoms with E-state index in [9.17, 15) is 19.5 Å². The highest BCUT2D eigenvalue weighted by atomic mass is 16.4. The number of carbonyl (C=O) groups excluding carboxylic acids is 1. The van der Waals surface area contributed by atoms with Gasteiger partial charge in [0.25, 0.3) is 5.56 Å². The van der Waals surface area contributed by atoms with E-state index in [1.807, 2.05) is 24.3 Å². The zero-order valence-corrected chi connectivity index (χ0v) is 16.1. The van der Waals surface area contributed by atoms with E-state index in [0.29, 0.717) is 10.9 Å². The molecule has 0 saturated heterocycles. The number of para-hydroxylation sites is 1. The third kappa shape index (κ3) is 3.52. The van der Waals surface area contributed by atoms with Crippen molar-refractivity contribution in [3.8, 4) is 0 Å². The molecule has 0 fully saturated rings. The van der Waals surface area contributed by atoms with Crippen molar-refractivity contribution >= 4 is 33.7 Å². The van der Waals surface area contributed by atoms with Crippen molar-refractivity contribution in [3.05, 3.63) is 70.6 Å². The van der Waals surface area contributed by atoms with Gasteiger partial charge in [0.2, 0.25) is 5.91 Å². The van der Waals surface area contributed by atoms with Crippen LogP contribution < -0.4 is 10.9 Å². The molecule has 1 amide bonds. The lowest BCUT2D eigenvalue weighted by Crippen LogP contribution is -2.46. The number of hydrogen-bond donors (Lipinski definition) is 3. The number of carboxylic acids is 1. The smallest absolute Gasteiger partial charge is 0.326 e. The summed E-state index contributed by atoms with van der Waals surface area (Å²) < 4.78 is 0.961. The molecule has 2 atom stereocenters. The molecular weight excluding hydrogens is 386 g/mol. The number of nitrogens with one attached hydrogen (secondary N) is 2. The number of carboxylic acid groups (broad SMARTS) is 1. The monoisotopic (exact) mass is 405 g/mol. The summed E-state index contributed by atoms with van der Waals surface area (Å²) in [5, 5.41) is 21.2. The Bertz CT molecular complexity index is 1310. The Hall–Kier alpha value is -4.01. The maximum atomic E-state index is 12.7. The summed E-state index contributed by atoms with van der Waals surface area (Å²) in [5.74, 6) is -1.80. The first-order valence-corrected chi connectivity index (χ1v) is 9.38. The highest BCUT2D eigenvalue weighted by Crippen LogP contribution is 2.19. The van der Waals surface area contributed by atoms with Gasteiger partial charge in [0.05, 0.1) is 5.39 Å². The van der Waals surface area contributed by atoms with Crippen molar-refractivity contribution < 1.29 is 14.7 Å². The third-order valence-electron chi connectivity index (χ3n) is 5.05. The summed E-state index contributed by atoms with van der Waals surface area (Å²) in [6, 6.07) is 12.0. The quantitative estimate of drug-likeness (QED) is 0.447. The number of nitrogens with zero attached hydrogens (tertiary/aromatic N) is 3. The summed E-state index contributed by atoms with van der Waals surface area (Å²) in [5.41, 5.74) is 1.61. The number of hydrogen-bond acceptors (Lipinski definition) is 5. The molecule has 2 aromatic carbocycles. The SMILES string of the molecule is CC(C(=O)NC(Cc1c[nH]c2ccccc12)C(=O)O)n1nnc2ccccc2c1=O. The summed E-state index contributed by atoms with van der Waals surface area (Å²) in [4.78, 5) is 40.3. The number of carbonyl (C=O) groups is 2. The number of H-pyrrole nitrogens is 1. The van der Waals surface area contributed by atoms with Crippen LogP contribution in [0.25, 0.3) is 21.8 Å². The van der Waals surface area contributed by atoms with E-state index in [-0.39, 0.29) is 6.42 Å². The molecule has 9 nitrogen and oxygen atoms in total. The number of benzene rings is 2. The second kappa shape index (κ2) is 7.78. The standard InChI is InChI=1S/C21H19N5O4/c1-12(26-20(28)15-7-3-5-9-17(15)24-25-26)19(27)23-18(21(29)30)10-13-11-22-16-8-4-2-6-14(13)16/h2-9,11-12,18,22H,10H2,1H3,(H,23,27)(H,29,30). The van der Waals surface area contributed by atoms with Crippen molar-refractivity contribution in [2.75, 3.05) is 0 Å². The van der Waals surface area contributed by atoms with Gasteiger partial charge >= 0.3 is 5.97 Å². The zero-order chi connectivity index (χ0) is 21.3. The van der Waals surface area contributed by atoms with E-state index in [4.69, 9.17) is 0 Å². The lowest BCUT2D eigenvalue weighted by molar-refractivity contribution is -0.142. The largest absolute Gasteiger partial charge is 0.480 e. The van der Waals surface area contributed by atoms with Gasteiger partial charge in [-0.15, -0.1) is 5.10 Å². The number of rotatable bonds is 6. The van der Waals surface area contributed by atoms with Crippen LogP contribution in [0.5, 0.6) is 0 Å². The van der Waals surface area contributed by atoms with Gasteiger partial charge in [-0.1, -0.05) is 35.5 Å². The predicted molar refractivity (Wildman–Crippen MR) is 110 cm³/mol. The second-order valence-corrected chi connectivity index (χ2v) is 7.00. The summed E-state index contributed by atoms with van der Waals surface area (Å²) in [6.45, 7) is 1.48. The van der Waals surface area contributed by atoms with Crippen LogP contribution >= 0.6 is 0 Å². The molecule has 0 aliphatic heterocycles. The van der Waals surface area contributed by atoms with Gasteiger partial charge in [-0.05, 0) is 30.7 Å². The fourth-order valence-corrected chi connectivity index (χ4v) is 3.38. The molecule has 4 rings (SSSR count). The van der Waals surface area contributed by atoms with Gasteiger partial charge in [0.1, 0.15) is 17.6 Å². The average Bonchev–Trinajstić information content (AvgIpc) is 3.16. The topological polar surface area (TPSA) is 130 Å². The van der Waals surface area contributed by atoms with E-state index in [1.165, 1.54) is 6.92 Å². The second-order valence-electron chi connectivity index (χ2n) is 7.00. The molecule has 2 heterocycles. The minimum Gasteiger partial charge on any atom is -0.480 e. The molecule has 0 aliphatic rings. The minimum atomic E-state index is -1.17. The Balaban J connectivity index is 1.57. The van der Waals surface area contributed by atoms with Gasteiger partial charge in [-0.2, -0.15) is 4.68 Å². The Morgan fingerprint density at radius 3 is 2.60 bits per heavy atom. The van der Waals surface area contributed by atoms with E-state index in [2.05, 4.69) is 20.6 Å². The molecular formula is C21H19N5O4. The molecule has 2 unspecified atom stereocenters. The number of aromatic amines is 1. The molecule has 152 valence electrons. The van der Waals surface area contributed by atoms with E-state index in [1.54, 1.807) is 30.5 Å². The number of aromatic nitrogens is 4. The van der Waals surface area contributed by atoms with Crippen LogP contribution in [0.4, 0.5) is 0 Å². The fraction of sp³-hybridized carbons (Fsp3) is 0.190. The molecule has 9 heteroatoms. The summed E-state index contributed by atoms with van der Waals surface area (Å²) in [6.07, 6.45) is 1.83. The summed E-state index contributed by atoms with van der Waals surface area (Å²) in [7, 11) is 0. The number of fused-ring (bicyclic) bond motifs is 2. The Morgan fingerprint density at radius 2 is 1.83 bits per heavy atom. The van der Waals surface area contributed by atoms with Crippen LogP contribution in [-0.2, 0) is 16.0 Å². The van der Waals surface area contributed by atoms with Gasteiger partial charge in [0.15, 0.2) is 0 Å². The molecule has 0 bridgehead atoms. The maximum Gasteiger partial charge on any atom is 0.326 e. The first kappa shape index (κ1) is 19.3. The first-order chi connectivity index (χ1) is 14.5. The lowest BCUT2D eigenvalue weighted by atomic mass is 10.0. The van der Waals surface area contributed by atoms with Crippen LogP contribution in [0.1, 0.15) is 18.5 Å². The van der Waals surface area contributed by atoms with Crippen LogP contribution in [0.2, 0.25) is 0 Å². The first-order valence-electron chi connectivity index (χ1n) is 9.38. The highest BCUT2D eigenvalue weighted by molar-refractivity contribution is 5.88. The normalized spacial score (nSPS) is 13.2. The molecule has 3 N–H and O–H groups in total. The van der Waals surface area contributed by atoms with Crippen molar-refractivity contribution in [1.82, 2.24) is 25.3 Å². The van der Waals surface area contributed by atoms with Crippen molar-refractivity contribution in [2.24, 2.45) is 0 Å². The fourth-order valence-electron chi connectivity index (χ4n) is 3.38. The van der Waals surface area contributed by atoms with Gasteiger partial charge in [-0.25, -0.2) is 4.79 Å². The zero-order valence-electron chi connectivity index (χ0n) is 16.1. The highest BCUT2D eigenvalue weighted by Gasteiger charge is 2.26. The third-order valence-corrected chi connectivity index (χ3v) is 5.05. The molecule has 2 aromatic heterocycles. The average molecular weight is 405 g/mol. The number of aliphatic carboxylic acids is 1. The van der Waals surface area contributed by atoms with Crippen molar-refractivity contribution in [2.45, 2.75) is 25.4 Å². The predicted octanol–water partition coefficient (Wildman–Crippen LogP) is 1.65. The summed E-state index contributed by atoms with van der Waals surface area (Å²) >= 11 is 0. The molecule has 0 aliphatic carbocycles. The van der Waals surface area contributed by atoms with Crippen molar-refractivity contribution in [1.29, 1.82) is 0 Å². The lowest BCUT2D eigenvalue weighted by Gasteiger charge is -2.18. The Labute approximate surface area is 170 Å². The van der Waals surface area contributed by atoms with Crippen LogP contribution in [0, 0.1) is 0 Å². The van der Waals surface area contributed by atoms with Gasteiger partial charge in [-0.3, -0.25) is 9.59 Å². The Kier molecular flexibility index (Phi) is 5.01. The number of amides is 1. The van der Waals surface area contributed by atoms with E-state index < -0.39 is 29.5 Å². The van der Waals surface area contributed by atoms with E-state index in [0.717, 1.165) is 21.1 Å². The Morgan fingerprint density at radius 1 is 1.13 bits per heavy atom. The molecule has 0 spiro atoms. The van der Waals surface area contributed by atoms with Crippen molar-refractivity contribution in [3.63, 3.8) is 0 Å². The van der Waals surface area contributed by atoms with E-state index >= 15 is 0 Å². The molecule has 4 aromatic rings. The van der Waals surface area contributed by atoms with Gasteiger partial charge < -0.3 is 15.4 Å². The molecule has 0 saturated carbocycles. The van der Waals surface area contributed by atoms with Crippen LogP contribution in [0.15, 0.2) is 59.5 Å². The van der Waals surface area contributed by atoms with Gasteiger partial charge in [0, 0.05) is 23.5 Å². The maximum absolute atomic E-state index is 12.7. The molecule has 0 radical (unpaired) electrons. The van der Waals surface area contributed by atoms with Crippen LogP contribution in [0.3, 0.4) is 0 Å².